The van der Waals surface area contributed by atoms with E-state index in [9.17, 15) is 9.90 Å². The number of carbonyl (C=O) groups excluding carboxylic acids is 1. The Morgan fingerprint density at radius 3 is 2.45 bits per heavy atom. The lowest BCUT2D eigenvalue weighted by Gasteiger charge is -2.60. The summed E-state index contributed by atoms with van der Waals surface area (Å²) in [6, 6.07) is 9.45. The average molecular weight is 397 g/mol. The molecule has 29 heavy (non-hydrogen) atoms. The number of fused-ring (bicyclic) bond motifs is 5. The fourth-order valence-corrected chi connectivity index (χ4v) is 8.15. The second-order valence-corrected chi connectivity index (χ2v) is 11.0. The first kappa shape index (κ1) is 19.6. The zero-order valence-electron chi connectivity index (χ0n) is 18.0. The second kappa shape index (κ2) is 7.11. The summed E-state index contributed by atoms with van der Waals surface area (Å²) in [5, 5.41) is 10.2. The molecule has 0 saturated heterocycles. The van der Waals surface area contributed by atoms with Crippen molar-refractivity contribution in [1.82, 2.24) is 0 Å². The summed E-state index contributed by atoms with van der Waals surface area (Å²) in [6.07, 6.45) is 10.4. The first-order valence-electron chi connectivity index (χ1n) is 11.9. The van der Waals surface area contributed by atoms with E-state index in [1.807, 2.05) is 30.3 Å². The van der Waals surface area contributed by atoms with Gasteiger partial charge in [0.25, 0.3) is 0 Å². The molecule has 4 aliphatic carbocycles. The SMILES string of the molecule is C[C@@]12CCC3C(CC[C@@H]4CC(O)CC[C@@]34C)C1CCC2OC(=O)c1ccccc1. The molecule has 4 aliphatic rings. The van der Waals surface area contributed by atoms with Crippen molar-refractivity contribution in [1.29, 1.82) is 0 Å². The molecule has 5 unspecified atom stereocenters. The number of rotatable bonds is 2. The Labute approximate surface area is 175 Å². The molecule has 4 fully saturated rings. The molecule has 158 valence electrons. The molecule has 0 aromatic heterocycles. The Balaban J connectivity index is 1.34. The molecule has 4 saturated carbocycles. The van der Waals surface area contributed by atoms with Crippen LogP contribution in [0.4, 0.5) is 0 Å². The van der Waals surface area contributed by atoms with Crippen molar-refractivity contribution in [3.8, 4) is 0 Å². The summed E-state index contributed by atoms with van der Waals surface area (Å²) in [4.78, 5) is 12.7. The summed E-state index contributed by atoms with van der Waals surface area (Å²) >= 11 is 0. The zero-order valence-corrected chi connectivity index (χ0v) is 18.0. The predicted molar refractivity (Wildman–Crippen MR) is 113 cm³/mol. The number of hydrogen-bond donors (Lipinski definition) is 1. The summed E-state index contributed by atoms with van der Waals surface area (Å²) in [5.74, 6) is 2.78. The molecular weight excluding hydrogens is 360 g/mol. The third-order valence-electron chi connectivity index (χ3n) is 9.81. The van der Waals surface area contributed by atoms with Crippen LogP contribution in [0.3, 0.4) is 0 Å². The zero-order chi connectivity index (χ0) is 20.2. The highest BCUT2D eigenvalue weighted by Gasteiger charge is 2.61. The van der Waals surface area contributed by atoms with Gasteiger partial charge in [0, 0.05) is 5.41 Å². The summed E-state index contributed by atoms with van der Waals surface area (Å²) in [5.41, 5.74) is 1.20. The standard InChI is InChI=1S/C26H36O3/c1-25-14-12-19(27)16-18(25)8-9-20-21-10-11-23(26(21,2)15-13-22(20)25)29-24(28)17-6-4-3-5-7-17/h3-7,18-23,27H,8-16H2,1-2H3/t18-,19?,20?,21?,22?,23?,25-,26-/m1/s1. The molecule has 0 spiro atoms. The summed E-state index contributed by atoms with van der Waals surface area (Å²) < 4.78 is 6.12. The Kier molecular flexibility index (Phi) is 4.81. The third kappa shape index (κ3) is 3.07. The minimum atomic E-state index is -0.156. The maximum atomic E-state index is 12.7. The van der Waals surface area contributed by atoms with Crippen molar-refractivity contribution in [3.05, 3.63) is 35.9 Å². The molecule has 3 nitrogen and oxygen atoms in total. The number of aliphatic hydroxyl groups is 1. The minimum Gasteiger partial charge on any atom is -0.458 e. The van der Waals surface area contributed by atoms with Crippen LogP contribution in [-0.2, 0) is 4.74 Å². The molecule has 3 heteroatoms. The van der Waals surface area contributed by atoms with E-state index in [0.717, 1.165) is 31.1 Å². The van der Waals surface area contributed by atoms with E-state index in [1.54, 1.807) is 0 Å². The van der Waals surface area contributed by atoms with Gasteiger partial charge in [-0.3, -0.25) is 0 Å². The van der Waals surface area contributed by atoms with Crippen molar-refractivity contribution < 1.29 is 14.6 Å². The van der Waals surface area contributed by atoms with Crippen LogP contribution in [0.2, 0.25) is 0 Å². The fourth-order valence-electron chi connectivity index (χ4n) is 8.15. The monoisotopic (exact) mass is 396 g/mol. The number of aliphatic hydroxyl groups excluding tert-OH is 1. The van der Waals surface area contributed by atoms with Crippen LogP contribution in [0.25, 0.3) is 0 Å². The molecule has 0 heterocycles. The van der Waals surface area contributed by atoms with Gasteiger partial charge in [-0.05, 0) is 99.0 Å². The average Bonchev–Trinajstić information content (AvgIpc) is 3.05. The number of carbonyl (C=O) groups is 1. The number of ether oxygens (including phenoxy) is 1. The van der Waals surface area contributed by atoms with Gasteiger partial charge < -0.3 is 9.84 Å². The van der Waals surface area contributed by atoms with E-state index in [2.05, 4.69) is 13.8 Å². The van der Waals surface area contributed by atoms with Crippen molar-refractivity contribution >= 4 is 5.97 Å². The molecule has 0 aliphatic heterocycles. The lowest BCUT2D eigenvalue weighted by molar-refractivity contribution is -0.134. The van der Waals surface area contributed by atoms with E-state index < -0.39 is 0 Å². The van der Waals surface area contributed by atoms with Crippen LogP contribution < -0.4 is 0 Å². The van der Waals surface area contributed by atoms with Crippen molar-refractivity contribution in [3.63, 3.8) is 0 Å². The molecule has 1 N–H and O–H groups in total. The molecule has 0 amide bonds. The van der Waals surface area contributed by atoms with Crippen LogP contribution >= 0.6 is 0 Å². The predicted octanol–water partition coefficient (Wildman–Crippen LogP) is 5.62. The van der Waals surface area contributed by atoms with Crippen LogP contribution in [0.5, 0.6) is 0 Å². The highest BCUT2D eigenvalue weighted by atomic mass is 16.5. The van der Waals surface area contributed by atoms with Crippen molar-refractivity contribution in [2.75, 3.05) is 0 Å². The van der Waals surface area contributed by atoms with Gasteiger partial charge in [-0.15, -0.1) is 0 Å². The highest BCUT2D eigenvalue weighted by molar-refractivity contribution is 5.89. The number of esters is 1. The van der Waals surface area contributed by atoms with E-state index in [4.69, 9.17) is 4.74 Å². The first-order chi connectivity index (χ1) is 13.9. The van der Waals surface area contributed by atoms with Crippen LogP contribution in [0, 0.1) is 34.5 Å². The molecule has 0 bridgehead atoms. The van der Waals surface area contributed by atoms with Gasteiger partial charge in [0.15, 0.2) is 0 Å². The lowest BCUT2D eigenvalue weighted by atomic mass is 9.45. The van der Waals surface area contributed by atoms with E-state index in [0.29, 0.717) is 22.8 Å². The van der Waals surface area contributed by atoms with Crippen molar-refractivity contribution in [2.24, 2.45) is 34.5 Å². The molecule has 8 atom stereocenters. The minimum absolute atomic E-state index is 0.0554. The van der Waals surface area contributed by atoms with E-state index >= 15 is 0 Å². The molecule has 5 rings (SSSR count). The normalized spacial score (nSPS) is 46.3. The van der Waals surface area contributed by atoms with Crippen LogP contribution in [-0.4, -0.2) is 23.3 Å². The summed E-state index contributed by atoms with van der Waals surface area (Å²) in [6.45, 7) is 4.94. The number of hydrogen-bond acceptors (Lipinski definition) is 3. The maximum absolute atomic E-state index is 12.7. The second-order valence-electron chi connectivity index (χ2n) is 11.0. The van der Waals surface area contributed by atoms with E-state index in [1.165, 1.54) is 38.5 Å². The molecule has 1 aromatic carbocycles. The Morgan fingerprint density at radius 1 is 0.931 bits per heavy atom. The fraction of sp³-hybridized carbons (Fsp3) is 0.731. The highest BCUT2D eigenvalue weighted by Crippen LogP contribution is 2.66. The first-order valence-corrected chi connectivity index (χ1v) is 11.9. The number of benzene rings is 1. The van der Waals surface area contributed by atoms with Crippen LogP contribution in [0.1, 0.15) is 82.0 Å². The van der Waals surface area contributed by atoms with Gasteiger partial charge >= 0.3 is 5.97 Å². The van der Waals surface area contributed by atoms with Gasteiger partial charge in [-0.1, -0.05) is 32.0 Å². The maximum Gasteiger partial charge on any atom is 0.338 e. The van der Waals surface area contributed by atoms with Crippen LogP contribution in [0.15, 0.2) is 30.3 Å². The smallest absolute Gasteiger partial charge is 0.338 e. The Morgan fingerprint density at radius 2 is 1.66 bits per heavy atom. The van der Waals surface area contributed by atoms with Gasteiger partial charge in [0.2, 0.25) is 0 Å². The largest absolute Gasteiger partial charge is 0.458 e. The Hall–Kier alpha value is -1.35. The summed E-state index contributed by atoms with van der Waals surface area (Å²) in [7, 11) is 0. The molecule has 1 aromatic rings. The lowest BCUT2D eigenvalue weighted by Crippen LogP contribution is -2.54. The van der Waals surface area contributed by atoms with Gasteiger partial charge in [-0.25, -0.2) is 4.79 Å². The molecular formula is C26H36O3. The van der Waals surface area contributed by atoms with Crippen molar-refractivity contribution in [2.45, 2.75) is 83.8 Å². The van der Waals surface area contributed by atoms with Gasteiger partial charge in [-0.2, -0.15) is 0 Å². The Bertz CT molecular complexity index is 760. The molecule has 0 radical (unpaired) electrons. The van der Waals surface area contributed by atoms with Gasteiger partial charge in [0.05, 0.1) is 11.7 Å². The topological polar surface area (TPSA) is 46.5 Å². The van der Waals surface area contributed by atoms with Gasteiger partial charge in [0.1, 0.15) is 6.10 Å². The third-order valence-corrected chi connectivity index (χ3v) is 9.81. The van der Waals surface area contributed by atoms with E-state index in [-0.39, 0.29) is 23.6 Å². The quantitative estimate of drug-likeness (QED) is 0.660.